The highest BCUT2D eigenvalue weighted by atomic mass is 16.5. The summed E-state index contributed by atoms with van der Waals surface area (Å²) in [6.45, 7) is 11.2. The van der Waals surface area contributed by atoms with Gasteiger partial charge in [-0.05, 0) is 56.1 Å². The Hall–Kier alpha value is -0.860. The van der Waals surface area contributed by atoms with Gasteiger partial charge in [0.25, 0.3) is 0 Å². The third-order valence-corrected chi connectivity index (χ3v) is 5.21. The van der Waals surface area contributed by atoms with Crippen LogP contribution in [0, 0.1) is 5.92 Å². The molecule has 2 unspecified atom stereocenters. The maximum atomic E-state index is 5.74. The maximum absolute atomic E-state index is 5.74. The van der Waals surface area contributed by atoms with Crippen molar-refractivity contribution in [2.75, 3.05) is 14.2 Å². The third kappa shape index (κ3) is 7.36. The SMILES string of the molecule is COC(CCC(C)CCCC(C)(C)OC)c1ccc(C(C)C)cc1. The average Bonchev–Trinajstić information content (AvgIpc) is 2.55. The second-order valence-corrected chi connectivity index (χ2v) is 8.08. The van der Waals surface area contributed by atoms with Crippen LogP contribution in [0.15, 0.2) is 24.3 Å². The molecule has 0 N–H and O–H groups in total. The number of benzene rings is 1. The molecular weight excluding hydrogens is 296 g/mol. The topological polar surface area (TPSA) is 18.5 Å². The minimum atomic E-state index is 0.00689. The van der Waals surface area contributed by atoms with E-state index in [9.17, 15) is 0 Å². The van der Waals surface area contributed by atoms with Crippen molar-refractivity contribution >= 4 is 0 Å². The molecule has 0 spiro atoms. The quantitative estimate of drug-likeness (QED) is 0.459. The van der Waals surface area contributed by atoms with Gasteiger partial charge in [-0.3, -0.25) is 0 Å². The summed E-state index contributed by atoms with van der Waals surface area (Å²) in [5.74, 6) is 1.31. The normalized spacial score (nSPS) is 14.8. The van der Waals surface area contributed by atoms with Crippen molar-refractivity contribution in [3.63, 3.8) is 0 Å². The van der Waals surface area contributed by atoms with Crippen molar-refractivity contribution in [1.29, 1.82) is 0 Å². The Morgan fingerprint density at radius 2 is 1.46 bits per heavy atom. The maximum Gasteiger partial charge on any atom is 0.0821 e. The minimum Gasteiger partial charge on any atom is -0.379 e. The van der Waals surface area contributed by atoms with Crippen LogP contribution in [0.5, 0.6) is 0 Å². The third-order valence-electron chi connectivity index (χ3n) is 5.21. The number of hydrogen-bond donors (Lipinski definition) is 0. The summed E-state index contributed by atoms with van der Waals surface area (Å²) in [6.07, 6.45) is 6.12. The average molecular weight is 335 g/mol. The number of ether oxygens (including phenoxy) is 2. The molecule has 0 aliphatic carbocycles. The molecule has 0 saturated carbocycles. The van der Waals surface area contributed by atoms with E-state index in [0.717, 1.165) is 18.8 Å². The van der Waals surface area contributed by atoms with Gasteiger partial charge in [0.1, 0.15) is 0 Å². The Morgan fingerprint density at radius 3 is 1.96 bits per heavy atom. The van der Waals surface area contributed by atoms with E-state index in [4.69, 9.17) is 9.47 Å². The predicted octanol–water partition coefficient (Wildman–Crippen LogP) is 6.51. The van der Waals surface area contributed by atoms with Gasteiger partial charge in [0.2, 0.25) is 0 Å². The molecular formula is C22H38O2. The smallest absolute Gasteiger partial charge is 0.0821 e. The second-order valence-electron chi connectivity index (χ2n) is 8.08. The first-order chi connectivity index (χ1) is 11.3. The fourth-order valence-corrected chi connectivity index (χ4v) is 3.07. The lowest BCUT2D eigenvalue weighted by molar-refractivity contribution is 0.0125. The lowest BCUT2D eigenvalue weighted by Crippen LogP contribution is -2.22. The lowest BCUT2D eigenvalue weighted by atomic mass is 9.91. The van der Waals surface area contributed by atoms with Gasteiger partial charge < -0.3 is 9.47 Å². The number of rotatable bonds is 11. The summed E-state index contributed by atoms with van der Waals surface area (Å²) in [7, 11) is 3.63. The molecule has 2 heteroatoms. The standard InChI is InChI=1S/C22H38O2/c1-17(2)19-11-13-20(14-12-19)21(23-6)15-10-18(3)9-8-16-22(4,5)24-7/h11-14,17-18,21H,8-10,15-16H2,1-7H3. The van der Waals surface area contributed by atoms with Gasteiger partial charge in [-0.25, -0.2) is 0 Å². The minimum absolute atomic E-state index is 0.00689. The van der Waals surface area contributed by atoms with Crippen LogP contribution in [0.25, 0.3) is 0 Å². The van der Waals surface area contributed by atoms with Crippen LogP contribution < -0.4 is 0 Å². The van der Waals surface area contributed by atoms with E-state index in [2.05, 4.69) is 58.9 Å². The monoisotopic (exact) mass is 334 g/mol. The van der Waals surface area contributed by atoms with Gasteiger partial charge in [-0.2, -0.15) is 0 Å². The second kappa shape index (κ2) is 10.2. The zero-order valence-corrected chi connectivity index (χ0v) is 16.9. The Bertz CT molecular complexity index is 448. The van der Waals surface area contributed by atoms with Gasteiger partial charge in [0.15, 0.2) is 0 Å². The van der Waals surface area contributed by atoms with Gasteiger partial charge in [0, 0.05) is 14.2 Å². The Balaban J connectivity index is 2.42. The Morgan fingerprint density at radius 1 is 0.875 bits per heavy atom. The lowest BCUT2D eigenvalue weighted by Gasteiger charge is -2.24. The zero-order valence-electron chi connectivity index (χ0n) is 16.9. The molecule has 0 amide bonds. The summed E-state index contributed by atoms with van der Waals surface area (Å²) in [4.78, 5) is 0. The van der Waals surface area contributed by atoms with Crippen molar-refractivity contribution in [3.8, 4) is 0 Å². The largest absolute Gasteiger partial charge is 0.379 e. The molecule has 0 bridgehead atoms. The first-order valence-electron chi connectivity index (χ1n) is 9.47. The zero-order chi connectivity index (χ0) is 18.2. The fraction of sp³-hybridized carbons (Fsp3) is 0.727. The number of methoxy groups -OCH3 is 2. The summed E-state index contributed by atoms with van der Waals surface area (Å²) in [5.41, 5.74) is 2.70. The summed E-state index contributed by atoms with van der Waals surface area (Å²) in [5, 5.41) is 0. The molecule has 0 radical (unpaired) electrons. The van der Waals surface area contributed by atoms with Crippen molar-refractivity contribution in [3.05, 3.63) is 35.4 Å². The van der Waals surface area contributed by atoms with Crippen LogP contribution in [0.4, 0.5) is 0 Å². The summed E-state index contributed by atoms with van der Waals surface area (Å²) in [6, 6.07) is 8.94. The van der Waals surface area contributed by atoms with Gasteiger partial charge in [-0.15, -0.1) is 0 Å². The molecule has 0 saturated heterocycles. The first kappa shape index (κ1) is 21.2. The highest BCUT2D eigenvalue weighted by Crippen LogP contribution is 2.28. The molecule has 2 atom stereocenters. The van der Waals surface area contributed by atoms with E-state index in [1.807, 2.05) is 7.11 Å². The van der Waals surface area contributed by atoms with Crippen molar-refractivity contribution in [2.24, 2.45) is 5.92 Å². The van der Waals surface area contributed by atoms with Crippen LogP contribution >= 0.6 is 0 Å². The van der Waals surface area contributed by atoms with E-state index in [1.54, 1.807) is 7.11 Å². The van der Waals surface area contributed by atoms with Gasteiger partial charge in [0.05, 0.1) is 11.7 Å². The molecule has 0 aliphatic rings. The molecule has 0 fully saturated rings. The predicted molar refractivity (Wildman–Crippen MR) is 104 cm³/mol. The summed E-state index contributed by atoms with van der Waals surface area (Å²) < 4.78 is 11.2. The number of hydrogen-bond acceptors (Lipinski definition) is 2. The van der Waals surface area contributed by atoms with Crippen molar-refractivity contribution in [2.45, 2.75) is 84.3 Å². The van der Waals surface area contributed by atoms with E-state index in [-0.39, 0.29) is 11.7 Å². The molecule has 0 heterocycles. The molecule has 0 aliphatic heterocycles. The molecule has 2 nitrogen and oxygen atoms in total. The Labute approximate surface area is 149 Å². The molecule has 138 valence electrons. The van der Waals surface area contributed by atoms with Gasteiger partial charge >= 0.3 is 0 Å². The van der Waals surface area contributed by atoms with E-state index in [1.165, 1.54) is 30.4 Å². The van der Waals surface area contributed by atoms with Crippen LogP contribution in [-0.2, 0) is 9.47 Å². The molecule has 24 heavy (non-hydrogen) atoms. The first-order valence-corrected chi connectivity index (χ1v) is 9.47. The highest BCUT2D eigenvalue weighted by Gasteiger charge is 2.17. The van der Waals surface area contributed by atoms with Crippen molar-refractivity contribution < 1.29 is 9.47 Å². The van der Waals surface area contributed by atoms with E-state index in [0.29, 0.717) is 5.92 Å². The van der Waals surface area contributed by atoms with Crippen LogP contribution in [0.1, 0.15) is 89.9 Å². The van der Waals surface area contributed by atoms with Gasteiger partial charge in [-0.1, -0.05) is 57.9 Å². The van der Waals surface area contributed by atoms with E-state index < -0.39 is 0 Å². The van der Waals surface area contributed by atoms with Crippen LogP contribution in [0.3, 0.4) is 0 Å². The molecule has 1 aromatic carbocycles. The van der Waals surface area contributed by atoms with Crippen LogP contribution in [-0.4, -0.2) is 19.8 Å². The van der Waals surface area contributed by atoms with Crippen LogP contribution in [0.2, 0.25) is 0 Å². The fourth-order valence-electron chi connectivity index (χ4n) is 3.07. The van der Waals surface area contributed by atoms with E-state index >= 15 is 0 Å². The van der Waals surface area contributed by atoms with Crippen molar-refractivity contribution in [1.82, 2.24) is 0 Å². The molecule has 1 rings (SSSR count). The summed E-state index contributed by atoms with van der Waals surface area (Å²) >= 11 is 0. The molecule has 0 aromatic heterocycles. The molecule has 1 aromatic rings. The Kier molecular flexibility index (Phi) is 9.01. The highest BCUT2D eigenvalue weighted by molar-refractivity contribution is 5.26.